The fraction of sp³-hybridized carbons (Fsp3) is 0.516. The number of pyridine rings is 2. The molecule has 1 N–H and O–H groups in total. The lowest BCUT2D eigenvalue weighted by Crippen LogP contribution is -2.35. The van der Waals surface area contributed by atoms with E-state index in [1.807, 2.05) is 36.2 Å². The molecular weight excluding hydrogens is 492 g/mol. The molecule has 5 heterocycles. The van der Waals surface area contributed by atoms with E-state index in [0.29, 0.717) is 30.5 Å². The third-order valence-corrected chi connectivity index (χ3v) is 10.1. The Morgan fingerprint density at radius 2 is 1.84 bits per heavy atom. The van der Waals surface area contributed by atoms with Crippen LogP contribution in [0.5, 0.6) is 0 Å². The van der Waals surface area contributed by atoms with Crippen LogP contribution in [0.2, 0.25) is 0 Å². The molecule has 3 aromatic heterocycles. The average Bonchev–Trinajstić information content (AvgIpc) is 3.11. The fourth-order valence-corrected chi connectivity index (χ4v) is 7.82. The lowest BCUT2D eigenvalue weighted by atomic mass is 9.83. The van der Waals surface area contributed by atoms with Crippen LogP contribution < -0.4 is 5.56 Å². The zero-order chi connectivity index (χ0) is 27.0. The summed E-state index contributed by atoms with van der Waals surface area (Å²) in [4.78, 5) is 41.1. The van der Waals surface area contributed by atoms with Crippen molar-refractivity contribution in [2.45, 2.75) is 79.3 Å². The zero-order valence-corrected chi connectivity index (χ0v) is 24.2. The number of likely N-dealkylation sites (tertiary alicyclic amines) is 1. The van der Waals surface area contributed by atoms with E-state index in [-0.39, 0.29) is 11.5 Å². The lowest BCUT2D eigenvalue weighted by molar-refractivity contribution is 0.0747. The number of aromatic amines is 1. The molecule has 6 nitrogen and oxygen atoms in total. The number of aryl methyl sites for hydroxylation is 4. The highest BCUT2D eigenvalue weighted by Crippen LogP contribution is 2.42. The summed E-state index contributed by atoms with van der Waals surface area (Å²) in [6, 6.07) is 8.26. The predicted octanol–water partition coefficient (Wildman–Crippen LogP) is 5.67. The SMILES string of the molecule is Cc1cccc(CN2CCC([C@@H](C)c3sc4c(c3C)C(=O)N(Cc3c(C)cc(C)[nH]c3=O)CCC4)CC2)n1. The topological polar surface area (TPSA) is 69.3 Å². The largest absolute Gasteiger partial charge is 0.334 e. The molecule has 1 saturated heterocycles. The highest BCUT2D eigenvalue weighted by Gasteiger charge is 2.33. The van der Waals surface area contributed by atoms with Gasteiger partial charge >= 0.3 is 0 Å². The summed E-state index contributed by atoms with van der Waals surface area (Å²) in [5.41, 5.74) is 6.71. The molecule has 0 bridgehead atoms. The summed E-state index contributed by atoms with van der Waals surface area (Å²) < 4.78 is 0. The van der Waals surface area contributed by atoms with Gasteiger partial charge in [-0.05, 0) is 108 Å². The minimum atomic E-state index is -0.0827. The molecule has 3 aromatic rings. The molecule has 38 heavy (non-hydrogen) atoms. The van der Waals surface area contributed by atoms with Crippen molar-refractivity contribution in [3.05, 3.63) is 83.7 Å². The molecule has 0 aromatic carbocycles. The van der Waals surface area contributed by atoms with Gasteiger partial charge in [-0.25, -0.2) is 0 Å². The average molecular weight is 533 g/mol. The monoisotopic (exact) mass is 532 g/mol. The Morgan fingerprint density at radius 1 is 1.08 bits per heavy atom. The summed E-state index contributed by atoms with van der Waals surface area (Å²) in [6.45, 7) is 14.6. The number of carbonyl (C=O) groups is 1. The van der Waals surface area contributed by atoms with Crippen molar-refractivity contribution >= 4 is 17.2 Å². The van der Waals surface area contributed by atoms with Crippen molar-refractivity contribution in [3.63, 3.8) is 0 Å². The van der Waals surface area contributed by atoms with Crippen LogP contribution >= 0.6 is 11.3 Å². The van der Waals surface area contributed by atoms with E-state index in [1.54, 1.807) is 0 Å². The Balaban J connectivity index is 1.29. The van der Waals surface area contributed by atoms with Gasteiger partial charge in [0.2, 0.25) is 0 Å². The van der Waals surface area contributed by atoms with E-state index in [4.69, 9.17) is 0 Å². The van der Waals surface area contributed by atoms with Gasteiger partial charge in [0.15, 0.2) is 0 Å². The minimum Gasteiger partial charge on any atom is -0.334 e. The Labute approximate surface area is 230 Å². The summed E-state index contributed by atoms with van der Waals surface area (Å²) in [5.74, 6) is 1.15. The van der Waals surface area contributed by atoms with Crippen molar-refractivity contribution in [2.75, 3.05) is 19.6 Å². The van der Waals surface area contributed by atoms with Gasteiger partial charge in [-0.3, -0.25) is 19.5 Å². The van der Waals surface area contributed by atoms with E-state index in [2.05, 4.69) is 53.8 Å². The smallest absolute Gasteiger partial charge is 0.255 e. The van der Waals surface area contributed by atoms with Gasteiger partial charge in [-0.2, -0.15) is 0 Å². The highest BCUT2D eigenvalue weighted by atomic mass is 32.1. The molecule has 5 rings (SSSR count). The molecule has 0 saturated carbocycles. The first-order valence-electron chi connectivity index (χ1n) is 14.0. The van der Waals surface area contributed by atoms with Crippen molar-refractivity contribution in [2.24, 2.45) is 5.92 Å². The van der Waals surface area contributed by atoms with Gasteiger partial charge in [-0.15, -0.1) is 11.3 Å². The second-order valence-corrected chi connectivity index (χ2v) is 12.5. The molecule has 0 spiro atoms. The van der Waals surface area contributed by atoms with Gasteiger partial charge in [-0.1, -0.05) is 13.0 Å². The van der Waals surface area contributed by atoms with Gasteiger partial charge in [0.1, 0.15) is 0 Å². The summed E-state index contributed by atoms with van der Waals surface area (Å²) in [7, 11) is 0. The van der Waals surface area contributed by atoms with Crippen LogP contribution in [-0.4, -0.2) is 45.3 Å². The number of H-pyrrole nitrogens is 1. The van der Waals surface area contributed by atoms with Crippen LogP contribution in [0.25, 0.3) is 0 Å². The first-order chi connectivity index (χ1) is 18.2. The summed E-state index contributed by atoms with van der Waals surface area (Å²) in [5, 5.41) is 0. The molecule has 202 valence electrons. The molecular formula is C31H40N4O2S. The Bertz CT molecular complexity index is 1380. The minimum absolute atomic E-state index is 0.0827. The van der Waals surface area contributed by atoms with Crippen LogP contribution in [0.4, 0.5) is 0 Å². The van der Waals surface area contributed by atoms with Crippen LogP contribution in [0.3, 0.4) is 0 Å². The first kappa shape index (κ1) is 26.8. The number of nitrogens with one attached hydrogen (secondary N) is 1. The number of aromatic nitrogens is 2. The van der Waals surface area contributed by atoms with Crippen molar-refractivity contribution in [3.8, 4) is 0 Å². The van der Waals surface area contributed by atoms with Gasteiger partial charge in [0.05, 0.1) is 17.8 Å². The molecule has 1 atom stereocenters. The molecule has 0 unspecified atom stereocenters. The standard InChI is InChI=1S/C31H40N4O2S/c1-19-16-21(3)33-30(36)26(19)18-35-13-7-10-27-28(31(35)37)23(5)29(38-27)22(4)24-11-14-34(15-12-24)17-25-9-6-8-20(2)32-25/h6,8-9,16,22,24H,7,10-15,17-18H2,1-5H3,(H,33,36)/t22-/m1/s1. The number of rotatable bonds is 6. The summed E-state index contributed by atoms with van der Waals surface area (Å²) in [6.07, 6.45) is 4.21. The number of nitrogens with zero attached hydrogens (tertiary/aromatic N) is 3. The number of thiophene rings is 1. The quantitative estimate of drug-likeness (QED) is 0.444. The Morgan fingerprint density at radius 3 is 2.55 bits per heavy atom. The van der Waals surface area contributed by atoms with E-state index >= 15 is 0 Å². The number of amides is 1. The molecule has 1 fully saturated rings. The second kappa shape index (κ2) is 11.1. The van der Waals surface area contributed by atoms with Crippen LogP contribution in [0.15, 0.2) is 29.1 Å². The summed E-state index contributed by atoms with van der Waals surface area (Å²) >= 11 is 1.86. The number of carbonyl (C=O) groups excluding carboxylic acids is 1. The normalized spacial score (nSPS) is 17.9. The van der Waals surface area contributed by atoms with Crippen LogP contribution in [-0.2, 0) is 19.5 Å². The van der Waals surface area contributed by atoms with E-state index in [9.17, 15) is 9.59 Å². The highest BCUT2D eigenvalue weighted by molar-refractivity contribution is 7.12. The first-order valence-corrected chi connectivity index (χ1v) is 14.8. The molecule has 1 amide bonds. The van der Waals surface area contributed by atoms with Crippen molar-refractivity contribution < 1.29 is 4.79 Å². The van der Waals surface area contributed by atoms with E-state index in [1.165, 1.54) is 22.6 Å². The fourth-order valence-electron chi connectivity index (χ4n) is 6.33. The number of fused-ring (bicyclic) bond motifs is 1. The van der Waals surface area contributed by atoms with Crippen molar-refractivity contribution in [1.29, 1.82) is 0 Å². The molecule has 2 aliphatic heterocycles. The maximum atomic E-state index is 13.8. The zero-order valence-electron chi connectivity index (χ0n) is 23.4. The van der Waals surface area contributed by atoms with Gasteiger partial charge in [0.25, 0.3) is 11.5 Å². The Hall–Kier alpha value is -2.77. The third kappa shape index (κ3) is 5.50. The molecule has 2 aliphatic rings. The molecule has 7 heteroatoms. The lowest BCUT2D eigenvalue weighted by Gasteiger charge is -2.34. The maximum Gasteiger partial charge on any atom is 0.255 e. The molecule has 0 radical (unpaired) electrons. The third-order valence-electron chi connectivity index (χ3n) is 8.52. The number of piperidine rings is 1. The molecule has 0 aliphatic carbocycles. The van der Waals surface area contributed by atoms with Crippen LogP contribution in [0, 0.1) is 33.6 Å². The van der Waals surface area contributed by atoms with E-state index < -0.39 is 0 Å². The van der Waals surface area contributed by atoms with Crippen molar-refractivity contribution in [1.82, 2.24) is 19.8 Å². The predicted molar refractivity (Wildman–Crippen MR) is 154 cm³/mol. The van der Waals surface area contributed by atoms with Gasteiger partial charge < -0.3 is 9.88 Å². The maximum absolute atomic E-state index is 13.8. The number of hydrogen-bond donors (Lipinski definition) is 1. The van der Waals surface area contributed by atoms with Crippen LogP contribution in [0.1, 0.15) is 86.0 Å². The Kier molecular flexibility index (Phi) is 7.87. The van der Waals surface area contributed by atoms with Gasteiger partial charge in [0, 0.05) is 39.8 Å². The van der Waals surface area contributed by atoms with E-state index in [0.717, 1.165) is 66.2 Å². The number of hydrogen-bond acceptors (Lipinski definition) is 5. The second-order valence-electron chi connectivity index (χ2n) is 11.3.